The maximum atomic E-state index is 13.0. The number of aliphatic hydroxyl groups is 1. The molecule has 0 aliphatic carbocycles. The number of phosphoric acid groups is 2. The van der Waals surface area contributed by atoms with Gasteiger partial charge in [0, 0.05) is 25.7 Å². The molecule has 0 aromatic heterocycles. The van der Waals surface area contributed by atoms with Crippen LogP contribution in [0.5, 0.6) is 0 Å². The summed E-state index contributed by atoms with van der Waals surface area (Å²) in [6.07, 6.45) is 60.0. The minimum Gasteiger partial charge on any atom is -0.462 e. The van der Waals surface area contributed by atoms with E-state index in [9.17, 15) is 43.2 Å². The fourth-order valence-corrected chi connectivity index (χ4v) is 12.0. The maximum absolute atomic E-state index is 13.0. The molecule has 0 saturated heterocycles. The maximum Gasteiger partial charge on any atom is 0.472 e. The lowest BCUT2D eigenvalue weighted by molar-refractivity contribution is -0.161. The number of carbonyl (C=O) groups excluding carboxylic acids is 4. The minimum atomic E-state index is -4.96. The molecule has 0 aliphatic rings. The second-order valence-electron chi connectivity index (χ2n) is 25.2. The zero-order chi connectivity index (χ0) is 67.5. The van der Waals surface area contributed by atoms with Crippen molar-refractivity contribution in [3.63, 3.8) is 0 Å². The van der Waals surface area contributed by atoms with Gasteiger partial charge < -0.3 is 33.8 Å². The van der Waals surface area contributed by atoms with Crippen molar-refractivity contribution in [1.82, 2.24) is 0 Å². The van der Waals surface area contributed by atoms with Gasteiger partial charge in [-0.05, 0) is 77.0 Å². The fourth-order valence-electron chi connectivity index (χ4n) is 10.4. The Hall–Kier alpha value is -2.72. The third kappa shape index (κ3) is 65.9. The lowest BCUT2D eigenvalue weighted by Gasteiger charge is -2.21. The molecule has 19 heteroatoms. The smallest absolute Gasteiger partial charge is 0.462 e. The molecule has 0 fully saturated rings. The Bertz CT molecular complexity index is 1900. The summed E-state index contributed by atoms with van der Waals surface area (Å²) in [6, 6.07) is 0. The van der Waals surface area contributed by atoms with Gasteiger partial charge in [0.05, 0.1) is 26.4 Å². The van der Waals surface area contributed by atoms with Crippen molar-refractivity contribution in [2.45, 2.75) is 367 Å². The molecule has 0 radical (unpaired) electrons. The minimum absolute atomic E-state index is 0.100. The molecule has 0 aliphatic heterocycles. The first-order valence-electron chi connectivity index (χ1n) is 37.2. The lowest BCUT2D eigenvalue weighted by Crippen LogP contribution is -2.30. The van der Waals surface area contributed by atoms with Crippen LogP contribution < -0.4 is 0 Å². The highest BCUT2D eigenvalue weighted by atomic mass is 31.2. The SMILES string of the molecule is CCC/C=C\C/C=C\CCCCCCCC(=O)OCC(COP(=O)(O)OCC(O)COP(=O)(O)OCC(COC(=O)CCCCCCC/C=C\CCCCCCCC)OC(=O)CCCCCCCCCCCCC)OC(=O)CCCCCCCCCCCCCCC. The van der Waals surface area contributed by atoms with Crippen LogP contribution in [0.25, 0.3) is 0 Å². The van der Waals surface area contributed by atoms with Crippen molar-refractivity contribution in [1.29, 1.82) is 0 Å². The van der Waals surface area contributed by atoms with Crippen LogP contribution in [0.4, 0.5) is 0 Å². The predicted molar refractivity (Wildman–Crippen MR) is 372 cm³/mol. The zero-order valence-electron chi connectivity index (χ0n) is 58.7. The van der Waals surface area contributed by atoms with Crippen LogP contribution in [0.1, 0.15) is 349 Å². The molecule has 92 heavy (non-hydrogen) atoms. The van der Waals surface area contributed by atoms with Gasteiger partial charge in [-0.3, -0.25) is 37.3 Å². The Morgan fingerprint density at radius 2 is 0.554 bits per heavy atom. The molecule has 0 saturated carbocycles. The molecular weight excluding hydrogens is 1210 g/mol. The van der Waals surface area contributed by atoms with Crippen LogP contribution in [-0.4, -0.2) is 96.7 Å². The van der Waals surface area contributed by atoms with Crippen LogP contribution in [0.3, 0.4) is 0 Å². The van der Waals surface area contributed by atoms with Crippen LogP contribution in [0, 0.1) is 0 Å². The second-order valence-corrected chi connectivity index (χ2v) is 28.2. The van der Waals surface area contributed by atoms with E-state index in [1.165, 1.54) is 128 Å². The quantitative estimate of drug-likeness (QED) is 0.0169. The number of allylic oxidation sites excluding steroid dienone is 6. The van der Waals surface area contributed by atoms with E-state index in [1.807, 2.05) is 0 Å². The molecule has 0 rings (SSSR count). The summed E-state index contributed by atoms with van der Waals surface area (Å²) < 4.78 is 68.3. The molecule has 0 spiro atoms. The Balaban J connectivity index is 5.28. The fraction of sp³-hybridized carbons (Fsp3) is 0.863. The van der Waals surface area contributed by atoms with Gasteiger partial charge in [-0.15, -0.1) is 0 Å². The number of rotatable bonds is 71. The van der Waals surface area contributed by atoms with E-state index in [0.29, 0.717) is 25.7 Å². The van der Waals surface area contributed by atoms with Crippen molar-refractivity contribution in [2.24, 2.45) is 0 Å². The van der Waals surface area contributed by atoms with E-state index in [1.54, 1.807) is 0 Å². The van der Waals surface area contributed by atoms with E-state index in [4.69, 9.17) is 37.0 Å². The number of hydrogen-bond donors (Lipinski definition) is 3. The first kappa shape index (κ1) is 89.3. The van der Waals surface area contributed by atoms with Gasteiger partial charge in [-0.25, -0.2) is 9.13 Å². The van der Waals surface area contributed by atoms with E-state index in [2.05, 4.69) is 64.2 Å². The number of phosphoric ester groups is 2. The third-order valence-electron chi connectivity index (χ3n) is 16.1. The highest BCUT2D eigenvalue weighted by molar-refractivity contribution is 7.47. The van der Waals surface area contributed by atoms with E-state index >= 15 is 0 Å². The Labute approximate surface area is 560 Å². The Morgan fingerprint density at radius 1 is 0.304 bits per heavy atom. The average Bonchev–Trinajstić information content (AvgIpc) is 3.33. The Morgan fingerprint density at radius 3 is 0.859 bits per heavy atom. The molecule has 0 amide bonds. The summed E-state index contributed by atoms with van der Waals surface area (Å²) in [6.45, 7) is 4.83. The molecule has 5 unspecified atom stereocenters. The summed E-state index contributed by atoms with van der Waals surface area (Å²) in [5.41, 5.74) is 0. The number of aliphatic hydroxyl groups excluding tert-OH is 1. The molecule has 0 bridgehead atoms. The van der Waals surface area contributed by atoms with Gasteiger partial charge in [0.25, 0.3) is 0 Å². The summed E-state index contributed by atoms with van der Waals surface area (Å²) in [7, 11) is -9.92. The van der Waals surface area contributed by atoms with Crippen molar-refractivity contribution < 1.29 is 80.2 Å². The number of hydrogen-bond acceptors (Lipinski definition) is 15. The van der Waals surface area contributed by atoms with E-state index in [-0.39, 0.29) is 25.7 Å². The van der Waals surface area contributed by atoms with Crippen LogP contribution >= 0.6 is 15.6 Å². The second kappa shape index (κ2) is 66.9. The summed E-state index contributed by atoms with van der Waals surface area (Å²) in [4.78, 5) is 72.6. The van der Waals surface area contributed by atoms with Gasteiger partial charge in [-0.2, -0.15) is 0 Å². The van der Waals surface area contributed by atoms with Gasteiger partial charge >= 0.3 is 39.5 Å². The molecular formula is C73H136O17P2. The zero-order valence-corrected chi connectivity index (χ0v) is 60.5. The van der Waals surface area contributed by atoms with Crippen molar-refractivity contribution in [2.75, 3.05) is 39.6 Å². The topological polar surface area (TPSA) is 237 Å². The van der Waals surface area contributed by atoms with Crippen molar-refractivity contribution >= 4 is 39.5 Å². The van der Waals surface area contributed by atoms with E-state index < -0.39 is 97.5 Å². The van der Waals surface area contributed by atoms with Gasteiger partial charge in [0.15, 0.2) is 12.2 Å². The van der Waals surface area contributed by atoms with Gasteiger partial charge in [0.2, 0.25) is 0 Å². The summed E-state index contributed by atoms with van der Waals surface area (Å²) in [5.74, 6) is -2.16. The molecule has 5 atom stereocenters. The largest absolute Gasteiger partial charge is 0.472 e. The normalized spacial score (nSPS) is 14.2. The van der Waals surface area contributed by atoms with Crippen molar-refractivity contribution in [3.05, 3.63) is 36.5 Å². The van der Waals surface area contributed by atoms with Gasteiger partial charge in [0.1, 0.15) is 19.3 Å². The highest BCUT2D eigenvalue weighted by Gasteiger charge is 2.30. The third-order valence-corrected chi connectivity index (χ3v) is 18.0. The van der Waals surface area contributed by atoms with Crippen LogP contribution in [0.15, 0.2) is 36.5 Å². The number of esters is 4. The summed E-state index contributed by atoms with van der Waals surface area (Å²) in [5, 5.41) is 10.6. The summed E-state index contributed by atoms with van der Waals surface area (Å²) >= 11 is 0. The highest BCUT2D eigenvalue weighted by Crippen LogP contribution is 2.45. The predicted octanol–water partition coefficient (Wildman–Crippen LogP) is 20.8. The lowest BCUT2D eigenvalue weighted by atomic mass is 10.0. The molecule has 0 heterocycles. The van der Waals surface area contributed by atoms with E-state index in [0.717, 1.165) is 141 Å². The average molecular weight is 1350 g/mol. The number of ether oxygens (including phenoxy) is 4. The van der Waals surface area contributed by atoms with Crippen LogP contribution in [-0.2, 0) is 65.4 Å². The number of unbranched alkanes of at least 4 members (excludes halogenated alkanes) is 39. The first-order valence-corrected chi connectivity index (χ1v) is 40.2. The molecule has 0 aromatic carbocycles. The Kier molecular flexibility index (Phi) is 64.9. The van der Waals surface area contributed by atoms with Crippen LogP contribution in [0.2, 0.25) is 0 Å². The van der Waals surface area contributed by atoms with Crippen molar-refractivity contribution in [3.8, 4) is 0 Å². The first-order chi connectivity index (χ1) is 44.7. The van der Waals surface area contributed by atoms with Gasteiger partial charge in [-0.1, -0.05) is 282 Å². The monoisotopic (exact) mass is 1350 g/mol. The molecule has 17 nitrogen and oxygen atoms in total. The number of carbonyl (C=O) groups is 4. The molecule has 0 aromatic rings. The molecule has 3 N–H and O–H groups in total. The standard InChI is InChI=1S/C73H136O17P2/c1-5-9-13-17-21-25-29-32-33-36-39-42-46-50-54-58-71(76)84-63-68(89-72(77)59-55-51-47-43-37-28-24-20-16-12-8-4)65-87-91(79,80)85-61-67(74)62-86-92(81,82)88-66-69(90-73(78)60-56-52-48-44-40-35-31-27-23-19-15-11-7-3)64-83-70(75)57-53-49-45-41-38-34-30-26-22-18-14-10-6-2/h14,18,26,30,32-33,67-69,74H,5-13,15-17,19-25,27-29,31,34-66H2,1-4H3,(H,79,80)(H,81,82)/b18-14-,30-26-,33-32-. The molecule has 540 valence electrons.